The lowest BCUT2D eigenvalue weighted by Gasteiger charge is -2.26. The third-order valence-electron chi connectivity index (χ3n) is 5.98. The predicted octanol–water partition coefficient (Wildman–Crippen LogP) is 4.05. The lowest BCUT2D eigenvalue weighted by atomic mass is 9.93. The predicted molar refractivity (Wildman–Crippen MR) is 121 cm³/mol. The average Bonchev–Trinajstić information content (AvgIpc) is 3.09. The molecule has 1 fully saturated rings. The second-order valence-corrected chi connectivity index (χ2v) is 8.02. The highest BCUT2D eigenvalue weighted by Gasteiger charge is 2.47. The number of para-hydroxylation sites is 2. The minimum Gasteiger partial charge on any atom is -0.508 e. The number of ether oxygens (including phenoxy) is 1. The Morgan fingerprint density at radius 2 is 1.73 bits per heavy atom. The molecule has 2 aliphatic rings. The van der Waals surface area contributed by atoms with E-state index in [1.54, 1.807) is 42.5 Å². The van der Waals surface area contributed by atoms with E-state index in [-0.39, 0.29) is 28.5 Å². The van der Waals surface area contributed by atoms with E-state index in [1.165, 1.54) is 29.2 Å². The Kier molecular flexibility index (Phi) is 5.01. The molecule has 1 amide bonds. The number of nitrogens with zero attached hydrogens (tertiary/aromatic N) is 1. The van der Waals surface area contributed by atoms with Gasteiger partial charge in [-0.25, -0.2) is 0 Å². The van der Waals surface area contributed by atoms with Crippen LogP contribution in [0.2, 0.25) is 0 Å². The zero-order valence-corrected chi connectivity index (χ0v) is 17.6. The lowest BCUT2D eigenvalue weighted by Crippen LogP contribution is -2.29. The van der Waals surface area contributed by atoms with Crippen molar-refractivity contribution in [1.29, 1.82) is 0 Å². The van der Waals surface area contributed by atoms with Crippen LogP contribution < -0.4 is 9.64 Å². The maximum Gasteiger partial charge on any atom is 0.300 e. The molecule has 1 unspecified atom stereocenters. The Morgan fingerprint density at radius 1 is 0.970 bits per heavy atom. The fourth-order valence-corrected chi connectivity index (χ4v) is 4.38. The summed E-state index contributed by atoms with van der Waals surface area (Å²) in [7, 11) is 0. The van der Waals surface area contributed by atoms with Crippen LogP contribution in [-0.2, 0) is 16.0 Å². The summed E-state index contributed by atoms with van der Waals surface area (Å²) >= 11 is 0. The number of hydrogen-bond donors (Lipinski definition) is 3. The van der Waals surface area contributed by atoms with E-state index in [1.807, 2.05) is 0 Å². The Labute approximate surface area is 189 Å². The molecule has 5 rings (SSSR count). The molecule has 7 nitrogen and oxygen atoms in total. The maximum atomic E-state index is 13.2. The quantitative estimate of drug-likeness (QED) is 0.320. The Balaban J connectivity index is 1.71. The van der Waals surface area contributed by atoms with Crippen LogP contribution >= 0.6 is 0 Å². The third-order valence-corrected chi connectivity index (χ3v) is 5.98. The summed E-state index contributed by atoms with van der Waals surface area (Å²) < 4.78 is 5.63. The first kappa shape index (κ1) is 20.6. The fraction of sp³-hybridized carbons (Fsp3) is 0.154. The Bertz CT molecular complexity index is 1290. The third kappa shape index (κ3) is 3.47. The van der Waals surface area contributed by atoms with Gasteiger partial charge in [-0.1, -0.05) is 24.3 Å². The maximum absolute atomic E-state index is 13.2. The number of aliphatic hydroxyl groups is 1. The van der Waals surface area contributed by atoms with Crippen LogP contribution in [0.3, 0.4) is 0 Å². The van der Waals surface area contributed by atoms with E-state index in [4.69, 9.17) is 4.74 Å². The van der Waals surface area contributed by atoms with Crippen molar-refractivity contribution in [2.45, 2.75) is 18.9 Å². The van der Waals surface area contributed by atoms with Crippen molar-refractivity contribution >= 4 is 23.1 Å². The van der Waals surface area contributed by atoms with Crippen molar-refractivity contribution in [3.63, 3.8) is 0 Å². The second-order valence-electron chi connectivity index (χ2n) is 8.02. The van der Waals surface area contributed by atoms with Crippen LogP contribution in [-0.4, -0.2) is 33.6 Å². The molecule has 0 aromatic heterocycles. The number of amides is 1. The summed E-state index contributed by atoms with van der Waals surface area (Å²) in [6.45, 7) is 0.630. The van der Waals surface area contributed by atoms with Gasteiger partial charge in [0.2, 0.25) is 0 Å². The minimum absolute atomic E-state index is 0.0212. The van der Waals surface area contributed by atoms with Crippen LogP contribution in [0.4, 0.5) is 5.69 Å². The molecule has 3 aromatic carbocycles. The van der Waals surface area contributed by atoms with Crippen molar-refractivity contribution in [2.75, 3.05) is 11.5 Å². The molecule has 166 valence electrons. The van der Waals surface area contributed by atoms with Crippen molar-refractivity contribution in [1.82, 2.24) is 0 Å². The number of Topliss-reactive ketones (excluding diaryl/α,β-unsaturated/α-hetero) is 1. The topological polar surface area (TPSA) is 107 Å². The first-order valence-corrected chi connectivity index (χ1v) is 10.6. The normalized spacial score (nSPS) is 19.3. The number of rotatable bonds is 3. The Morgan fingerprint density at radius 3 is 2.48 bits per heavy atom. The summed E-state index contributed by atoms with van der Waals surface area (Å²) in [6.07, 6.45) is 1.63. The first-order chi connectivity index (χ1) is 16.0. The number of benzene rings is 3. The molecule has 0 spiro atoms. The zero-order chi connectivity index (χ0) is 23.1. The summed E-state index contributed by atoms with van der Waals surface area (Å²) in [4.78, 5) is 27.5. The van der Waals surface area contributed by atoms with Gasteiger partial charge < -0.3 is 20.1 Å². The van der Waals surface area contributed by atoms with Gasteiger partial charge in [-0.2, -0.15) is 0 Å². The molecule has 7 heteroatoms. The SMILES string of the molecule is O=C1C(=O)N(c2ccccc2O)C(c2ccc(O)cc2)/C1=C(/O)c1ccc2c(c1)CCCO2. The number of anilines is 1. The number of carbonyl (C=O) groups excluding carboxylic acids is 2. The number of ketones is 1. The van der Waals surface area contributed by atoms with Gasteiger partial charge in [0.1, 0.15) is 23.0 Å². The minimum atomic E-state index is -0.994. The van der Waals surface area contributed by atoms with Gasteiger partial charge in [0.15, 0.2) is 0 Å². The molecule has 0 bridgehead atoms. The van der Waals surface area contributed by atoms with E-state index in [0.717, 1.165) is 24.2 Å². The lowest BCUT2D eigenvalue weighted by molar-refractivity contribution is -0.132. The highest BCUT2D eigenvalue weighted by atomic mass is 16.5. The Hall–Kier alpha value is -4.26. The first-order valence-electron chi connectivity index (χ1n) is 10.6. The molecule has 3 N–H and O–H groups in total. The van der Waals surface area contributed by atoms with Gasteiger partial charge in [-0.05, 0) is 66.4 Å². The second kappa shape index (κ2) is 8.02. The number of aryl methyl sites for hydroxylation is 1. The standard InChI is InChI=1S/C26H21NO6/c28-18-10-7-15(8-11-18)23-22(24(30)17-9-12-21-16(14-17)4-3-13-33-21)25(31)26(32)27(23)19-5-1-2-6-20(19)29/h1-2,5-12,14,23,28-30H,3-4,13H2/b24-22-. The smallest absolute Gasteiger partial charge is 0.300 e. The van der Waals surface area contributed by atoms with Gasteiger partial charge in [0.05, 0.1) is 23.9 Å². The van der Waals surface area contributed by atoms with E-state index >= 15 is 0 Å². The van der Waals surface area contributed by atoms with E-state index < -0.39 is 17.7 Å². The van der Waals surface area contributed by atoms with Crippen molar-refractivity contribution in [3.8, 4) is 17.2 Å². The molecule has 2 aliphatic heterocycles. The van der Waals surface area contributed by atoms with Crippen LogP contribution in [0.5, 0.6) is 17.2 Å². The monoisotopic (exact) mass is 443 g/mol. The van der Waals surface area contributed by atoms with Crippen molar-refractivity contribution in [3.05, 3.63) is 89.0 Å². The van der Waals surface area contributed by atoms with Gasteiger partial charge in [0.25, 0.3) is 11.7 Å². The number of phenolic OH excluding ortho intramolecular Hbond substituents is 2. The molecule has 2 heterocycles. The van der Waals surface area contributed by atoms with Gasteiger partial charge in [-0.15, -0.1) is 0 Å². The molecule has 0 radical (unpaired) electrons. The summed E-state index contributed by atoms with van der Waals surface area (Å²) in [5.74, 6) is -1.44. The van der Waals surface area contributed by atoms with E-state index in [2.05, 4.69) is 0 Å². The molecule has 3 aromatic rings. The van der Waals surface area contributed by atoms with Crippen molar-refractivity contribution in [2.24, 2.45) is 0 Å². The van der Waals surface area contributed by atoms with Gasteiger partial charge in [-0.3, -0.25) is 14.5 Å². The molecule has 0 saturated carbocycles. The number of aliphatic hydroxyl groups excluding tert-OH is 1. The molecule has 33 heavy (non-hydrogen) atoms. The van der Waals surface area contributed by atoms with Gasteiger partial charge >= 0.3 is 0 Å². The van der Waals surface area contributed by atoms with Crippen LogP contribution in [0, 0.1) is 0 Å². The molecule has 0 aliphatic carbocycles. The van der Waals surface area contributed by atoms with E-state index in [9.17, 15) is 24.9 Å². The van der Waals surface area contributed by atoms with Gasteiger partial charge in [0, 0.05) is 5.56 Å². The molecular weight excluding hydrogens is 422 g/mol. The van der Waals surface area contributed by atoms with Crippen LogP contribution in [0.25, 0.3) is 5.76 Å². The molecule has 1 atom stereocenters. The number of hydrogen-bond acceptors (Lipinski definition) is 6. The summed E-state index contributed by atoms with van der Waals surface area (Å²) in [6, 6.07) is 16.4. The van der Waals surface area contributed by atoms with Crippen LogP contribution in [0.1, 0.15) is 29.2 Å². The molecular formula is C26H21NO6. The number of aromatic hydroxyl groups is 2. The average molecular weight is 443 g/mol. The fourth-order valence-electron chi connectivity index (χ4n) is 4.38. The highest BCUT2D eigenvalue weighted by Crippen LogP contribution is 2.45. The largest absolute Gasteiger partial charge is 0.508 e. The van der Waals surface area contributed by atoms with E-state index in [0.29, 0.717) is 17.7 Å². The number of phenols is 2. The summed E-state index contributed by atoms with van der Waals surface area (Å²) in [5, 5.41) is 31.4. The summed E-state index contributed by atoms with van der Waals surface area (Å²) in [5.41, 5.74) is 1.87. The number of fused-ring (bicyclic) bond motifs is 1. The zero-order valence-electron chi connectivity index (χ0n) is 17.6. The number of carbonyl (C=O) groups is 2. The molecule has 1 saturated heterocycles. The van der Waals surface area contributed by atoms with Crippen LogP contribution in [0.15, 0.2) is 72.3 Å². The highest BCUT2D eigenvalue weighted by molar-refractivity contribution is 6.51. The van der Waals surface area contributed by atoms with Crippen molar-refractivity contribution < 1.29 is 29.6 Å².